The lowest BCUT2D eigenvalue weighted by Crippen LogP contribution is -2.46. The van der Waals surface area contributed by atoms with Crippen molar-refractivity contribution in [1.82, 2.24) is 5.32 Å². The van der Waals surface area contributed by atoms with Crippen molar-refractivity contribution in [3.8, 4) is 0 Å². The number of hydrogen-bond donors (Lipinski definition) is 2. The van der Waals surface area contributed by atoms with E-state index in [1.807, 2.05) is 21.1 Å². The zero-order chi connectivity index (χ0) is 54.2. The maximum Gasteiger partial charge on any atom is 0.268 e. The Morgan fingerprint density at radius 1 is 0.486 bits per heavy atom. The lowest BCUT2D eigenvalue weighted by atomic mass is 10.0. The van der Waals surface area contributed by atoms with Crippen LogP contribution < -0.4 is 10.2 Å². The van der Waals surface area contributed by atoms with Gasteiger partial charge in [0.1, 0.15) is 13.2 Å². The van der Waals surface area contributed by atoms with E-state index in [1.54, 1.807) is 0 Å². The fraction of sp³-hybridized carbons (Fsp3) is 0.708. The minimum absolute atomic E-state index is 0.00257. The van der Waals surface area contributed by atoms with Crippen molar-refractivity contribution in [2.24, 2.45) is 0 Å². The highest BCUT2D eigenvalue weighted by atomic mass is 31.2. The van der Waals surface area contributed by atoms with Crippen molar-refractivity contribution in [3.05, 3.63) is 109 Å². The van der Waals surface area contributed by atoms with E-state index >= 15 is 0 Å². The van der Waals surface area contributed by atoms with Crippen LogP contribution in [-0.2, 0) is 18.4 Å². The Hall–Kier alpha value is -2.84. The third-order valence-corrected chi connectivity index (χ3v) is 14.0. The van der Waals surface area contributed by atoms with Gasteiger partial charge in [0, 0.05) is 6.42 Å². The molecule has 0 spiro atoms. The van der Waals surface area contributed by atoms with Gasteiger partial charge >= 0.3 is 0 Å². The van der Waals surface area contributed by atoms with E-state index in [0.717, 1.165) is 116 Å². The number of carbonyl (C=O) groups excluding carboxylic acids is 1. The number of phosphoric acid groups is 1. The SMILES string of the molecule is CC/C=C\C/C=C\C/C=C\C/C=C\C/C=C\C/C=C\C/C=C\C/C=C\C/C=C\CCCCCCCC(=O)NC(COP(=O)([O-])OCC[N+](C)(C)C)C(O)CCCCCCCCCCCCCCCCCCCCC. The number of likely N-dealkylation sites (N-methyl/N-ethyl adjacent to an activating group) is 1. The second-order valence-corrected chi connectivity index (χ2v) is 22.7. The van der Waals surface area contributed by atoms with Crippen molar-refractivity contribution in [1.29, 1.82) is 0 Å². The summed E-state index contributed by atoms with van der Waals surface area (Å²) in [7, 11) is 1.28. The molecule has 0 aromatic heterocycles. The number of amides is 1. The van der Waals surface area contributed by atoms with Crippen molar-refractivity contribution in [2.45, 2.75) is 257 Å². The molecule has 0 heterocycles. The topological polar surface area (TPSA) is 108 Å². The molecule has 74 heavy (non-hydrogen) atoms. The molecule has 3 atom stereocenters. The summed E-state index contributed by atoms with van der Waals surface area (Å²) < 4.78 is 23.4. The molecule has 0 saturated heterocycles. The molecule has 3 unspecified atom stereocenters. The first-order chi connectivity index (χ1) is 36.0. The van der Waals surface area contributed by atoms with Gasteiger partial charge < -0.3 is 28.8 Å². The van der Waals surface area contributed by atoms with Gasteiger partial charge in [0.2, 0.25) is 5.91 Å². The van der Waals surface area contributed by atoms with E-state index < -0.39 is 20.0 Å². The van der Waals surface area contributed by atoms with Crippen molar-refractivity contribution in [3.63, 3.8) is 0 Å². The van der Waals surface area contributed by atoms with Crippen LogP contribution >= 0.6 is 7.82 Å². The molecule has 0 saturated carbocycles. The molecule has 0 aromatic rings. The maximum atomic E-state index is 13.0. The minimum atomic E-state index is -4.59. The zero-order valence-corrected chi connectivity index (χ0v) is 49.4. The molecule has 9 heteroatoms. The Bertz CT molecular complexity index is 1570. The van der Waals surface area contributed by atoms with Gasteiger partial charge in [-0.15, -0.1) is 0 Å². The number of aliphatic hydroxyl groups is 1. The Morgan fingerprint density at radius 3 is 1.20 bits per heavy atom. The highest BCUT2D eigenvalue weighted by molar-refractivity contribution is 7.45. The Kier molecular flexibility index (Phi) is 52.8. The summed E-state index contributed by atoms with van der Waals surface area (Å²) >= 11 is 0. The number of allylic oxidation sites excluding steroid dienone is 18. The van der Waals surface area contributed by atoms with Gasteiger partial charge in [-0.1, -0.05) is 264 Å². The molecule has 1 amide bonds. The van der Waals surface area contributed by atoms with Crippen molar-refractivity contribution < 1.29 is 32.9 Å². The maximum absolute atomic E-state index is 13.0. The quantitative estimate of drug-likeness (QED) is 0.0272. The lowest BCUT2D eigenvalue weighted by Gasteiger charge is -2.30. The number of hydrogen-bond acceptors (Lipinski definition) is 6. The van der Waals surface area contributed by atoms with Crippen molar-refractivity contribution >= 4 is 13.7 Å². The fourth-order valence-electron chi connectivity index (χ4n) is 8.33. The third kappa shape index (κ3) is 56.9. The first-order valence-corrected chi connectivity index (χ1v) is 31.7. The van der Waals surface area contributed by atoms with Crippen LogP contribution in [0.4, 0.5) is 0 Å². The van der Waals surface area contributed by atoms with E-state index in [0.29, 0.717) is 23.9 Å². The second kappa shape index (κ2) is 54.9. The van der Waals surface area contributed by atoms with Crippen LogP contribution in [0.2, 0.25) is 0 Å². The van der Waals surface area contributed by atoms with Gasteiger partial charge in [0.15, 0.2) is 0 Å². The highest BCUT2D eigenvalue weighted by Gasteiger charge is 2.24. The van der Waals surface area contributed by atoms with Gasteiger partial charge in [-0.3, -0.25) is 9.36 Å². The molecule has 0 fully saturated rings. The molecule has 0 aliphatic rings. The molecule has 0 aliphatic carbocycles. The normalized spacial score (nSPS) is 14.6. The summed E-state index contributed by atoms with van der Waals surface area (Å²) in [6.07, 6.45) is 79.8. The van der Waals surface area contributed by atoms with Gasteiger partial charge in [0.05, 0.1) is 39.9 Å². The predicted molar refractivity (Wildman–Crippen MR) is 320 cm³/mol. The number of nitrogens with zero attached hydrogens (tertiary/aromatic N) is 1. The van der Waals surface area contributed by atoms with Crippen molar-refractivity contribution in [2.75, 3.05) is 40.9 Å². The average Bonchev–Trinajstić information content (AvgIpc) is 3.36. The minimum Gasteiger partial charge on any atom is -0.756 e. The number of quaternary nitrogens is 1. The Morgan fingerprint density at radius 2 is 0.824 bits per heavy atom. The molecule has 8 nitrogen and oxygen atoms in total. The number of rotatable bonds is 54. The van der Waals surface area contributed by atoms with Crippen LogP contribution in [0.25, 0.3) is 0 Å². The molecular weight excluding hydrogens is 936 g/mol. The number of carbonyl (C=O) groups is 1. The highest BCUT2D eigenvalue weighted by Crippen LogP contribution is 2.38. The Balaban J connectivity index is 4.23. The molecule has 426 valence electrons. The van der Waals surface area contributed by atoms with Crippen LogP contribution in [0.1, 0.15) is 245 Å². The summed E-state index contributed by atoms with van der Waals surface area (Å²) in [4.78, 5) is 25.6. The monoisotopic (exact) mass is 1050 g/mol. The average molecular weight is 1050 g/mol. The van der Waals surface area contributed by atoms with E-state index in [9.17, 15) is 19.4 Å². The van der Waals surface area contributed by atoms with Crippen LogP contribution in [0, 0.1) is 0 Å². The molecule has 0 aliphatic heterocycles. The molecule has 0 bridgehead atoms. The molecule has 0 rings (SSSR count). The van der Waals surface area contributed by atoms with E-state index in [4.69, 9.17) is 9.05 Å². The van der Waals surface area contributed by atoms with Crippen LogP contribution in [-0.4, -0.2) is 68.5 Å². The summed E-state index contributed by atoms with van der Waals surface area (Å²) in [6.45, 7) is 4.60. The third-order valence-electron chi connectivity index (χ3n) is 13.0. The molecular formula is C65H115N2O6P. The van der Waals surface area contributed by atoms with Gasteiger partial charge in [0.25, 0.3) is 7.82 Å². The predicted octanol–water partition coefficient (Wildman–Crippen LogP) is 18.1. The largest absolute Gasteiger partial charge is 0.756 e. The molecule has 0 aromatic carbocycles. The fourth-order valence-corrected chi connectivity index (χ4v) is 9.05. The lowest BCUT2D eigenvalue weighted by molar-refractivity contribution is -0.870. The van der Waals surface area contributed by atoms with E-state index in [1.165, 1.54) is 103 Å². The van der Waals surface area contributed by atoms with Gasteiger partial charge in [-0.05, 0) is 83.5 Å². The summed E-state index contributed by atoms with van der Waals surface area (Å²) in [5, 5.41) is 14.0. The van der Waals surface area contributed by atoms with Crippen LogP contribution in [0.15, 0.2) is 109 Å². The first kappa shape index (κ1) is 71.2. The molecule has 0 radical (unpaired) electrons. The van der Waals surface area contributed by atoms with E-state index in [2.05, 4.69) is 129 Å². The van der Waals surface area contributed by atoms with E-state index in [-0.39, 0.29) is 19.1 Å². The number of phosphoric ester groups is 1. The number of aliphatic hydroxyl groups excluding tert-OH is 1. The summed E-state index contributed by atoms with van der Waals surface area (Å²) in [5.74, 6) is -0.186. The summed E-state index contributed by atoms with van der Waals surface area (Å²) in [5.41, 5.74) is 0. The zero-order valence-electron chi connectivity index (χ0n) is 48.5. The number of nitrogens with one attached hydrogen (secondary N) is 1. The number of unbranched alkanes of at least 4 members (excludes halogenated alkanes) is 23. The van der Waals surface area contributed by atoms with Gasteiger partial charge in [-0.2, -0.15) is 0 Å². The van der Waals surface area contributed by atoms with Crippen LogP contribution in [0.5, 0.6) is 0 Å². The second-order valence-electron chi connectivity index (χ2n) is 21.3. The van der Waals surface area contributed by atoms with Crippen LogP contribution in [0.3, 0.4) is 0 Å². The molecule has 2 N–H and O–H groups in total. The smallest absolute Gasteiger partial charge is 0.268 e. The van der Waals surface area contributed by atoms with Gasteiger partial charge in [-0.25, -0.2) is 0 Å². The first-order valence-electron chi connectivity index (χ1n) is 30.2. The standard InChI is InChI=1S/C65H115N2O6P/c1-6-8-10-12-14-16-18-20-22-24-26-27-28-29-30-31-32-33-34-35-36-37-38-39-41-43-45-47-49-51-53-55-57-59-65(69)66-63(62-73-74(70,71)72-61-60-67(3,4)5)64(68)58-56-54-52-50-48-46-44-42-40-25-23-21-19-17-15-13-11-9-7-2/h8,10,14,16,20,22,26-27,29-30,32-33,35-36,38-39,43,45,63-64,68H,6-7,9,11-13,15,17-19,21,23-25,28,31,34,37,40-42,44,46-62H2,1-5H3,(H-,66,69,70,71)/b10-8-,16-14-,22-20-,27-26-,30-29-,33-32-,36-35-,39-38-,45-43-. The Labute approximate surface area is 457 Å². The summed E-state index contributed by atoms with van der Waals surface area (Å²) in [6, 6.07) is -0.820.